The number of nitrogens with zero attached hydrogens (tertiary/aromatic N) is 2. The summed E-state index contributed by atoms with van der Waals surface area (Å²) < 4.78 is 22.6. The standard InChI is InChI=1S/C11H17N3O2S/c1-8-7-11(13-9(2)12-8)14-10-3-5-17(15,16)6-4-10/h7,10H,3-6H2,1-2H3,(H,12,13,14). The summed E-state index contributed by atoms with van der Waals surface area (Å²) in [6, 6.07) is 2.09. The van der Waals surface area contributed by atoms with E-state index in [0.717, 1.165) is 17.3 Å². The quantitative estimate of drug-likeness (QED) is 0.856. The number of rotatable bonds is 2. The minimum atomic E-state index is -2.80. The van der Waals surface area contributed by atoms with Gasteiger partial charge in [-0.25, -0.2) is 18.4 Å². The van der Waals surface area contributed by atoms with Gasteiger partial charge in [-0.1, -0.05) is 0 Å². The third kappa shape index (κ3) is 3.39. The fourth-order valence-electron chi connectivity index (χ4n) is 2.03. The van der Waals surface area contributed by atoms with E-state index in [1.165, 1.54) is 0 Å². The summed E-state index contributed by atoms with van der Waals surface area (Å²) in [6.45, 7) is 3.77. The Labute approximate surface area is 102 Å². The fraction of sp³-hybridized carbons (Fsp3) is 0.636. The Hall–Kier alpha value is -1.17. The third-order valence-electron chi connectivity index (χ3n) is 2.87. The molecule has 2 rings (SSSR count). The molecule has 6 heteroatoms. The smallest absolute Gasteiger partial charge is 0.150 e. The molecule has 1 fully saturated rings. The van der Waals surface area contributed by atoms with Gasteiger partial charge in [0.1, 0.15) is 21.5 Å². The van der Waals surface area contributed by atoms with Crippen molar-refractivity contribution in [2.24, 2.45) is 0 Å². The van der Waals surface area contributed by atoms with Crippen LogP contribution in [0.1, 0.15) is 24.4 Å². The Kier molecular flexibility index (Phi) is 3.33. The lowest BCUT2D eigenvalue weighted by molar-refractivity contribution is 0.559. The molecule has 1 aromatic rings. The van der Waals surface area contributed by atoms with Crippen molar-refractivity contribution in [2.45, 2.75) is 32.7 Å². The van der Waals surface area contributed by atoms with Gasteiger partial charge in [-0.05, 0) is 26.7 Å². The highest BCUT2D eigenvalue weighted by molar-refractivity contribution is 7.91. The molecule has 1 saturated heterocycles. The number of sulfone groups is 1. The maximum Gasteiger partial charge on any atom is 0.150 e. The molecule has 0 saturated carbocycles. The number of aromatic nitrogens is 2. The van der Waals surface area contributed by atoms with E-state index in [1.54, 1.807) is 0 Å². The Morgan fingerprint density at radius 1 is 1.24 bits per heavy atom. The predicted octanol–water partition coefficient (Wildman–Crippen LogP) is 1.08. The molecular weight excluding hydrogens is 238 g/mol. The average Bonchev–Trinajstić information content (AvgIpc) is 2.20. The zero-order chi connectivity index (χ0) is 12.5. The van der Waals surface area contributed by atoms with E-state index in [4.69, 9.17) is 0 Å². The van der Waals surface area contributed by atoms with Gasteiger partial charge in [0.15, 0.2) is 0 Å². The van der Waals surface area contributed by atoms with Crippen LogP contribution >= 0.6 is 0 Å². The molecule has 1 N–H and O–H groups in total. The van der Waals surface area contributed by atoms with Crippen molar-refractivity contribution in [2.75, 3.05) is 16.8 Å². The topological polar surface area (TPSA) is 72.0 Å². The summed E-state index contributed by atoms with van der Waals surface area (Å²) in [7, 11) is -2.80. The number of hydrogen-bond acceptors (Lipinski definition) is 5. The summed E-state index contributed by atoms with van der Waals surface area (Å²) in [6.07, 6.45) is 1.31. The monoisotopic (exact) mass is 255 g/mol. The molecule has 0 spiro atoms. The average molecular weight is 255 g/mol. The van der Waals surface area contributed by atoms with E-state index in [2.05, 4.69) is 15.3 Å². The van der Waals surface area contributed by atoms with Gasteiger partial charge in [-0.3, -0.25) is 0 Å². The normalized spacial score (nSPS) is 20.1. The first-order valence-electron chi connectivity index (χ1n) is 5.74. The number of nitrogens with one attached hydrogen (secondary N) is 1. The lowest BCUT2D eigenvalue weighted by atomic mass is 10.1. The van der Waals surface area contributed by atoms with E-state index in [0.29, 0.717) is 12.8 Å². The molecule has 0 atom stereocenters. The maximum atomic E-state index is 11.3. The van der Waals surface area contributed by atoms with E-state index >= 15 is 0 Å². The minimum Gasteiger partial charge on any atom is -0.367 e. The third-order valence-corrected chi connectivity index (χ3v) is 4.59. The molecule has 17 heavy (non-hydrogen) atoms. The Morgan fingerprint density at radius 2 is 1.88 bits per heavy atom. The molecule has 0 aliphatic carbocycles. The molecule has 1 aliphatic rings. The summed E-state index contributed by atoms with van der Waals surface area (Å²) in [5.74, 6) is 2.07. The van der Waals surface area contributed by atoms with Crippen LogP contribution in [0.15, 0.2) is 6.07 Å². The highest BCUT2D eigenvalue weighted by atomic mass is 32.2. The molecule has 94 valence electrons. The van der Waals surface area contributed by atoms with Gasteiger partial charge in [0.2, 0.25) is 0 Å². The number of aryl methyl sites for hydroxylation is 2. The van der Waals surface area contributed by atoms with Crippen molar-refractivity contribution >= 4 is 15.7 Å². The van der Waals surface area contributed by atoms with Gasteiger partial charge in [0, 0.05) is 17.8 Å². The first-order valence-corrected chi connectivity index (χ1v) is 7.56. The van der Waals surface area contributed by atoms with Crippen LogP contribution in [0.3, 0.4) is 0 Å². The summed E-state index contributed by atoms with van der Waals surface area (Å²) in [5, 5.41) is 3.28. The molecular formula is C11H17N3O2S. The predicted molar refractivity (Wildman–Crippen MR) is 66.8 cm³/mol. The molecule has 0 aromatic carbocycles. The molecule has 0 radical (unpaired) electrons. The van der Waals surface area contributed by atoms with Crippen LogP contribution in [-0.4, -0.2) is 35.9 Å². The molecule has 5 nitrogen and oxygen atoms in total. The highest BCUT2D eigenvalue weighted by Gasteiger charge is 2.23. The second-order valence-corrected chi connectivity index (χ2v) is 6.82. The Bertz CT molecular complexity index is 479. The number of anilines is 1. The first-order chi connectivity index (χ1) is 7.94. The van der Waals surface area contributed by atoms with E-state index < -0.39 is 9.84 Å². The van der Waals surface area contributed by atoms with Crippen molar-refractivity contribution in [1.29, 1.82) is 0 Å². The summed E-state index contributed by atoms with van der Waals surface area (Å²) >= 11 is 0. The lowest BCUT2D eigenvalue weighted by Gasteiger charge is -2.23. The van der Waals surface area contributed by atoms with Gasteiger partial charge in [-0.2, -0.15) is 0 Å². The van der Waals surface area contributed by atoms with E-state index in [9.17, 15) is 8.42 Å². The van der Waals surface area contributed by atoms with E-state index in [-0.39, 0.29) is 17.5 Å². The molecule has 1 aromatic heterocycles. The van der Waals surface area contributed by atoms with Crippen molar-refractivity contribution in [3.63, 3.8) is 0 Å². The second kappa shape index (κ2) is 4.60. The van der Waals surface area contributed by atoms with Gasteiger partial charge < -0.3 is 5.32 Å². The largest absolute Gasteiger partial charge is 0.367 e. The van der Waals surface area contributed by atoms with Crippen LogP contribution in [0.4, 0.5) is 5.82 Å². The highest BCUT2D eigenvalue weighted by Crippen LogP contribution is 2.17. The summed E-state index contributed by atoms with van der Waals surface area (Å²) in [5.41, 5.74) is 0.920. The molecule has 0 bridgehead atoms. The number of hydrogen-bond donors (Lipinski definition) is 1. The SMILES string of the molecule is Cc1cc(NC2CCS(=O)(=O)CC2)nc(C)n1. The lowest BCUT2D eigenvalue weighted by Crippen LogP contribution is -2.32. The van der Waals surface area contributed by atoms with Crippen LogP contribution in [0, 0.1) is 13.8 Å². The van der Waals surface area contributed by atoms with Crippen molar-refractivity contribution < 1.29 is 8.42 Å². The zero-order valence-electron chi connectivity index (χ0n) is 10.1. The Morgan fingerprint density at radius 3 is 2.47 bits per heavy atom. The molecule has 1 aliphatic heterocycles. The van der Waals surface area contributed by atoms with Crippen molar-refractivity contribution in [3.8, 4) is 0 Å². The van der Waals surface area contributed by atoms with Crippen LogP contribution in [0.25, 0.3) is 0 Å². The van der Waals surface area contributed by atoms with Gasteiger partial charge in [0.25, 0.3) is 0 Å². The van der Waals surface area contributed by atoms with Gasteiger partial charge >= 0.3 is 0 Å². The van der Waals surface area contributed by atoms with Crippen LogP contribution in [0.5, 0.6) is 0 Å². The van der Waals surface area contributed by atoms with Crippen molar-refractivity contribution in [3.05, 3.63) is 17.6 Å². The van der Waals surface area contributed by atoms with Crippen LogP contribution < -0.4 is 5.32 Å². The van der Waals surface area contributed by atoms with Crippen LogP contribution in [0.2, 0.25) is 0 Å². The Balaban J connectivity index is 2.02. The maximum absolute atomic E-state index is 11.3. The first kappa shape index (κ1) is 12.3. The second-order valence-electron chi connectivity index (χ2n) is 4.51. The van der Waals surface area contributed by atoms with Crippen molar-refractivity contribution in [1.82, 2.24) is 9.97 Å². The zero-order valence-corrected chi connectivity index (χ0v) is 10.9. The molecule has 0 amide bonds. The molecule has 2 heterocycles. The van der Waals surface area contributed by atoms with E-state index in [1.807, 2.05) is 19.9 Å². The minimum absolute atomic E-state index is 0.201. The van der Waals surface area contributed by atoms with Gasteiger partial charge in [0.05, 0.1) is 11.5 Å². The van der Waals surface area contributed by atoms with Crippen LogP contribution in [-0.2, 0) is 9.84 Å². The van der Waals surface area contributed by atoms with Gasteiger partial charge in [-0.15, -0.1) is 0 Å². The summed E-state index contributed by atoms with van der Waals surface area (Å²) in [4.78, 5) is 8.50. The fourth-order valence-corrected chi connectivity index (χ4v) is 3.53. The molecule has 0 unspecified atom stereocenters.